The zero-order valence-corrected chi connectivity index (χ0v) is 12.3. The highest BCUT2D eigenvalue weighted by atomic mass is 15.5. The van der Waals surface area contributed by atoms with Gasteiger partial charge in [-0.25, -0.2) is 4.68 Å². The molecule has 1 aromatic carbocycles. The van der Waals surface area contributed by atoms with Crippen molar-refractivity contribution in [3.63, 3.8) is 0 Å². The summed E-state index contributed by atoms with van der Waals surface area (Å²) in [6.07, 6.45) is 2.10. The summed E-state index contributed by atoms with van der Waals surface area (Å²) in [5, 5.41) is 15.3. The summed E-state index contributed by atoms with van der Waals surface area (Å²) in [6.45, 7) is 6.96. The van der Waals surface area contributed by atoms with Gasteiger partial charge in [0.05, 0.1) is 6.54 Å². The van der Waals surface area contributed by atoms with E-state index in [0.29, 0.717) is 5.92 Å². The van der Waals surface area contributed by atoms with Gasteiger partial charge in [0.15, 0.2) is 5.82 Å². The number of hydrogen-bond acceptors (Lipinski definition) is 4. The van der Waals surface area contributed by atoms with Gasteiger partial charge in [-0.1, -0.05) is 44.2 Å². The second-order valence-corrected chi connectivity index (χ2v) is 5.43. The lowest BCUT2D eigenvalue weighted by molar-refractivity contribution is 0.499. The number of aryl methyl sites for hydroxylation is 2. The topological polar surface area (TPSA) is 55.6 Å². The van der Waals surface area contributed by atoms with Gasteiger partial charge in [0.2, 0.25) is 0 Å². The van der Waals surface area contributed by atoms with Crippen molar-refractivity contribution in [2.45, 2.75) is 39.8 Å². The molecule has 5 heteroatoms. The first-order valence-corrected chi connectivity index (χ1v) is 7.25. The molecule has 1 aromatic heterocycles. The van der Waals surface area contributed by atoms with Gasteiger partial charge in [-0.15, -0.1) is 5.10 Å². The van der Waals surface area contributed by atoms with Gasteiger partial charge in [-0.05, 0) is 41.3 Å². The molecule has 0 atom stereocenters. The van der Waals surface area contributed by atoms with Crippen LogP contribution < -0.4 is 5.32 Å². The Balaban J connectivity index is 1.77. The third-order valence-electron chi connectivity index (χ3n) is 3.12. The van der Waals surface area contributed by atoms with Gasteiger partial charge in [0.1, 0.15) is 0 Å². The Morgan fingerprint density at radius 3 is 2.75 bits per heavy atom. The zero-order valence-electron chi connectivity index (χ0n) is 12.3. The first-order valence-electron chi connectivity index (χ1n) is 7.25. The number of rotatable bonds is 8. The van der Waals surface area contributed by atoms with E-state index in [4.69, 9.17) is 0 Å². The van der Waals surface area contributed by atoms with E-state index < -0.39 is 0 Å². The molecule has 0 aliphatic heterocycles. The minimum Gasteiger partial charge on any atom is -0.310 e. The average molecular weight is 273 g/mol. The minimum absolute atomic E-state index is 0.636. The van der Waals surface area contributed by atoms with Gasteiger partial charge in [0.25, 0.3) is 0 Å². The molecular weight excluding hydrogens is 250 g/mol. The lowest BCUT2D eigenvalue weighted by Gasteiger charge is -2.08. The molecule has 0 radical (unpaired) electrons. The Hall–Kier alpha value is -1.75. The lowest BCUT2D eigenvalue weighted by atomic mass is 10.1. The maximum atomic E-state index is 4.08. The quantitative estimate of drug-likeness (QED) is 0.800. The van der Waals surface area contributed by atoms with Gasteiger partial charge in [-0.2, -0.15) is 0 Å². The van der Waals surface area contributed by atoms with E-state index in [-0.39, 0.29) is 0 Å². The molecule has 0 spiro atoms. The zero-order chi connectivity index (χ0) is 14.2. The number of hydrogen-bond donors (Lipinski definition) is 1. The normalized spacial score (nSPS) is 11.2. The van der Waals surface area contributed by atoms with Crippen LogP contribution in [0.15, 0.2) is 30.3 Å². The molecule has 0 amide bonds. The van der Waals surface area contributed by atoms with Crippen LogP contribution in [0, 0.1) is 5.92 Å². The van der Waals surface area contributed by atoms with Gasteiger partial charge in [0, 0.05) is 6.54 Å². The van der Waals surface area contributed by atoms with Crippen molar-refractivity contribution >= 4 is 0 Å². The second-order valence-electron chi connectivity index (χ2n) is 5.43. The van der Waals surface area contributed by atoms with E-state index in [1.807, 2.05) is 10.7 Å². The van der Waals surface area contributed by atoms with Crippen LogP contribution in [0.3, 0.4) is 0 Å². The Morgan fingerprint density at radius 2 is 2.00 bits per heavy atom. The van der Waals surface area contributed by atoms with Crippen LogP contribution in [0.25, 0.3) is 0 Å². The van der Waals surface area contributed by atoms with Crippen molar-refractivity contribution < 1.29 is 0 Å². The third kappa shape index (κ3) is 4.74. The predicted octanol–water partition coefficient (Wildman–Crippen LogP) is 2.05. The summed E-state index contributed by atoms with van der Waals surface area (Å²) in [7, 11) is 0. The number of benzene rings is 1. The van der Waals surface area contributed by atoms with Crippen molar-refractivity contribution in [2.24, 2.45) is 5.92 Å². The van der Waals surface area contributed by atoms with Gasteiger partial charge in [-0.3, -0.25) is 0 Å². The van der Waals surface area contributed by atoms with Crippen LogP contribution in [-0.4, -0.2) is 26.8 Å². The maximum Gasteiger partial charge on any atom is 0.165 e. The predicted molar refractivity (Wildman–Crippen MR) is 79.1 cm³/mol. The van der Waals surface area contributed by atoms with Crippen molar-refractivity contribution in [1.82, 2.24) is 25.5 Å². The first kappa shape index (κ1) is 14.7. The van der Waals surface area contributed by atoms with E-state index in [1.165, 1.54) is 5.56 Å². The SMILES string of the molecule is CC(C)CNCc1nnnn1CCCc1ccccc1. The highest BCUT2D eigenvalue weighted by Gasteiger charge is 2.05. The Kier molecular flexibility index (Phi) is 5.68. The molecule has 1 N–H and O–H groups in total. The summed E-state index contributed by atoms with van der Waals surface area (Å²) in [5.74, 6) is 1.55. The summed E-state index contributed by atoms with van der Waals surface area (Å²) in [4.78, 5) is 0. The Morgan fingerprint density at radius 1 is 1.20 bits per heavy atom. The highest BCUT2D eigenvalue weighted by molar-refractivity contribution is 5.14. The molecule has 2 aromatic rings. The molecule has 0 saturated heterocycles. The molecule has 2 rings (SSSR count). The monoisotopic (exact) mass is 273 g/mol. The summed E-state index contributed by atoms with van der Waals surface area (Å²) in [5.41, 5.74) is 1.36. The molecule has 5 nitrogen and oxygen atoms in total. The van der Waals surface area contributed by atoms with Gasteiger partial charge >= 0.3 is 0 Å². The largest absolute Gasteiger partial charge is 0.310 e. The van der Waals surface area contributed by atoms with Gasteiger partial charge < -0.3 is 5.32 Å². The number of nitrogens with one attached hydrogen (secondary N) is 1. The van der Waals surface area contributed by atoms with Crippen LogP contribution >= 0.6 is 0 Å². The fourth-order valence-corrected chi connectivity index (χ4v) is 2.07. The summed E-state index contributed by atoms with van der Waals surface area (Å²) in [6, 6.07) is 10.5. The molecule has 1 heterocycles. The summed E-state index contributed by atoms with van der Waals surface area (Å²) < 4.78 is 1.90. The second kappa shape index (κ2) is 7.75. The number of tetrazole rings is 1. The van der Waals surface area contributed by atoms with Crippen molar-refractivity contribution in [3.05, 3.63) is 41.7 Å². The van der Waals surface area contributed by atoms with Crippen molar-refractivity contribution in [1.29, 1.82) is 0 Å². The fourth-order valence-electron chi connectivity index (χ4n) is 2.07. The minimum atomic E-state index is 0.636. The summed E-state index contributed by atoms with van der Waals surface area (Å²) >= 11 is 0. The highest BCUT2D eigenvalue weighted by Crippen LogP contribution is 2.04. The van der Waals surface area contributed by atoms with Crippen molar-refractivity contribution in [2.75, 3.05) is 6.54 Å². The third-order valence-corrected chi connectivity index (χ3v) is 3.12. The van der Waals surface area contributed by atoms with Crippen LogP contribution in [0.5, 0.6) is 0 Å². The Labute approximate surface area is 120 Å². The Bertz CT molecular complexity index is 492. The van der Waals surface area contributed by atoms with E-state index in [1.54, 1.807) is 0 Å². The molecule has 0 aliphatic carbocycles. The molecule has 20 heavy (non-hydrogen) atoms. The molecule has 0 aliphatic rings. The van der Waals surface area contributed by atoms with Crippen LogP contribution in [0.1, 0.15) is 31.7 Å². The number of nitrogens with zero attached hydrogens (tertiary/aromatic N) is 4. The van der Waals surface area contributed by atoms with Crippen LogP contribution in [-0.2, 0) is 19.5 Å². The van der Waals surface area contributed by atoms with E-state index in [0.717, 1.165) is 38.3 Å². The van der Waals surface area contributed by atoms with E-state index >= 15 is 0 Å². The number of aromatic nitrogens is 4. The molecular formula is C15H23N5. The fraction of sp³-hybridized carbons (Fsp3) is 0.533. The standard InChI is InChI=1S/C15H23N5/c1-13(2)11-16-12-15-17-18-19-20(15)10-6-9-14-7-4-3-5-8-14/h3-5,7-8,13,16H,6,9-12H2,1-2H3. The molecule has 0 fully saturated rings. The average Bonchev–Trinajstić information content (AvgIpc) is 2.87. The molecule has 0 unspecified atom stereocenters. The van der Waals surface area contributed by atoms with Crippen LogP contribution in [0.4, 0.5) is 0 Å². The molecule has 0 saturated carbocycles. The van der Waals surface area contributed by atoms with E-state index in [2.05, 4.69) is 59.0 Å². The molecule has 108 valence electrons. The van der Waals surface area contributed by atoms with Crippen molar-refractivity contribution in [3.8, 4) is 0 Å². The van der Waals surface area contributed by atoms with E-state index in [9.17, 15) is 0 Å². The smallest absolute Gasteiger partial charge is 0.165 e. The molecule has 0 bridgehead atoms. The maximum absolute atomic E-state index is 4.08. The lowest BCUT2D eigenvalue weighted by Crippen LogP contribution is -2.22. The van der Waals surface area contributed by atoms with Crippen LogP contribution in [0.2, 0.25) is 0 Å². The first-order chi connectivity index (χ1) is 9.75.